The Morgan fingerprint density at radius 2 is 1.82 bits per heavy atom. The van der Waals surface area contributed by atoms with Crippen molar-refractivity contribution >= 4 is 22.7 Å². The second-order valence-electron chi connectivity index (χ2n) is 7.62. The van der Waals surface area contributed by atoms with Gasteiger partial charge in [-0.25, -0.2) is 9.48 Å². The average molecular weight is 469 g/mol. The van der Waals surface area contributed by atoms with Crippen LogP contribution in [0.15, 0.2) is 65.6 Å². The van der Waals surface area contributed by atoms with Crippen molar-refractivity contribution in [1.82, 2.24) is 14.8 Å². The summed E-state index contributed by atoms with van der Waals surface area (Å²) >= 11 is 0. The quantitative estimate of drug-likeness (QED) is 0.344. The van der Waals surface area contributed by atoms with Crippen molar-refractivity contribution in [1.29, 1.82) is 0 Å². The maximum atomic E-state index is 13.1. The van der Waals surface area contributed by atoms with Gasteiger partial charge >= 0.3 is 12.1 Å². The van der Waals surface area contributed by atoms with Gasteiger partial charge in [-0.1, -0.05) is 24.3 Å². The third-order valence-corrected chi connectivity index (χ3v) is 5.23. The number of fused-ring (bicyclic) bond motifs is 1. The van der Waals surface area contributed by atoms with E-state index in [9.17, 15) is 27.6 Å². The van der Waals surface area contributed by atoms with E-state index in [0.717, 1.165) is 28.4 Å². The number of aryl methyl sites for hydroxylation is 1. The maximum absolute atomic E-state index is 13.1. The third kappa shape index (κ3) is 4.34. The molecular formula is C24H18F3N3O4. The lowest BCUT2D eigenvalue weighted by Crippen LogP contribution is -2.29. The van der Waals surface area contributed by atoms with Crippen molar-refractivity contribution in [3.63, 3.8) is 0 Å². The largest absolute Gasteiger partial charge is 0.449 e. The number of hydrogen-bond acceptors (Lipinski definition) is 5. The molecule has 0 bridgehead atoms. The van der Waals surface area contributed by atoms with E-state index in [1.807, 2.05) is 0 Å². The number of ketones is 1. The van der Waals surface area contributed by atoms with Gasteiger partial charge < -0.3 is 9.72 Å². The molecule has 4 aromatic rings. The number of nitrogens with zero attached hydrogens (tertiary/aromatic N) is 2. The molecule has 1 N–H and O–H groups in total. The number of rotatable bonds is 5. The van der Waals surface area contributed by atoms with Crippen LogP contribution in [0.2, 0.25) is 0 Å². The van der Waals surface area contributed by atoms with E-state index in [1.54, 1.807) is 24.3 Å². The number of nitrogens with one attached hydrogen (secondary N) is 1. The van der Waals surface area contributed by atoms with Gasteiger partial charge in [0.1, 0.15) is 0 Å². The number of carbonyl (C=O) groups is 2. The Hall–Kier alpha value is -4.21. The fraction of sp³-hybridized carbons (Fsp3) is 0.167. The standard InChI is InChI=1S/C24H18F3N3O4/c1-13-10-20(31)21(29-30(13)16-7-5-6-15(11-16)24(25,26)27)23(33)34-14(2)22(32)18-12-28-19-9-4-3-8-17(18)19/h3-12,14,28H,1-2H3. The number of carbonyl (C=O) groups excluding carboxylic acids is 2. The number of para-hydroxylation sites is 1. The Balaban J connectivity index is 1.63. The Bertz CT molecular complexity index is 1470. The maximum Gasteiger partial charge on any atom is 0.416 e. The summed E-state index contributed by atoms with van der Waals surface area (Å²) in [6.07, 6.45) is -4.32. The zero-order chi connectivity index (χ0) is 24.6. The zero-order valence-electron chi connectivity index (χ0n) is 18.0. The first-order valence-electron chi connectivity index (χ1n) is 10.2. The molecule has 2 aromatic carbocycles. The number of aromatic nitrogens is 3. The van der Waals surface area contributed by atoms with Crippen molar-refractivity contribution < 1.29 is 27.5 Å². The van der Waals surface area contributed by atoms with Gasteiger partial charge in [-0.3, -0.25) is 9.59 Å². The van der Waals surface area contributed by atoms with Crippen molar-refractivity contribution in [2.24, 2.45) is 0 Å². The van der Waals surface area contributed by atoms with Crippen LogP contribution in [0.4, 0.5) is 13.2 Å². The highest BCUT2D eigenvalue weighted by molar-refractivity contribution is 6.10. The molecular weight excluding hydrogens is 451 g/mol. The number of halogens is 3. The summed E-state index contributed by atoms with van der Waals surface area (Å²) in [5.41, 5.74) is -1.08. The summed E-state index contributed by atoms with van der Waals surface area (Å²) in [4.78, 5) is 40.9. The minimum Gasteiger partial charge on any atom is -0.449 e. The van der Waals surface area contributed by atoms with E-state index in [4.69, 9.17) is 4.74 Å². The van der Waals surface area contributed by atoms with Gasteiger partial charge in [0.15, 0.2) is 6.10 Å². The lowest BCUT2D eigenvalue weighted by molar-refractivity contribution is -0.137. The highest BCUT2D eigenvalue weighted by atomic mass is 19.4. The Kier molecular flexibility index (Phi) is 5.82. The summed E-state index contributed by atoms with van der Waals surface area (Å²) in [5.74, 6) is -1.65. The average Bonchev–Trinajstić information content (AvgIpc) is 3.22. The van der Waals surface area contributed by atoms with E-state index in [2.05, 4.69) is 10.1 Å². The van der Waals surface area contributed by atoms with Crippen LogP contribution in [-0.4, -0.2) is 32.6 Å². The summed E-state index contributed by atoms with van der Waals surface area (Å²) < 4.78 is 45.5. The topological polar surface area (TPSA) is 94.1 Å². The minimum absolute atomic E-state index is 0.00397. The molecule has 4 rings (SSSR count). The molecule has 2 heterocycles. The lowest BCUT2D eigenvalue weighted by Gasteiger charge is -2.15. The molecule has 0 aliphatic heterocycles. The van der Waals surface area contributed by atoms with Crippen molar-refractivity contribution in [2.45, 2.75) is 26.1 Å². The SMILES string of the molecule is Cc1cc(=O)c(C(=O)OC(C)C(=O)c2c[nH]c3ccccc23)nn1-c1cccc(C(F)(F)F)c1. The number of alkyl halides is 3. The summed E-state index contributed by atoms with van der Waals surface area (Å²) in [6, 6.07) is 12.5. The molecule has 7 nitrogen and oxygen atoms in total. The molecule has 0 fully saturated rings. The van der Waals surface area contributed by atoms with Crippen LogP contribution in [0, 0.1) is 6.92 Å². The van der Waals surface area contributed by atoms with Crippen LogP contribution in [0.1, 0.15) is 39.0 Å². The van der Waals surface area contributed by atoms with Gasteiger partial charge in [-0.15, -0.1) is 0 Å². The Morgan fingerprint density at radius 3 is 2.56 bits per heavy atom. The van der Waals surface area contributed by atoms with Crippen LogP contribution >= 0.6 is 0 Å². The molecule has 0 saturated heterocycles. The van der Waals surface area contributed by atoms with Crippen molar-refractivity contribution in [3.8, 4) is 5.69 Å². The van der Waals surface area contributed by atoms with Crippen LogP contribution in [0.25, 0.3) is 16.6 Å². The Labute approximate surface area is 190 Å². The van der Waals surface area contributed by atoms with E-state index in [1.165, 1.54) is 32.2 Å². The molecule has 34 heavy (non-hydrogen) atoms. The zero-order valence-corrected chi connectivity index (χ0v) is 18.0. The minimum atomic E-state index is -4.58. The van der Waals surface area contributed by atoms with Crippen LogP contribution in [-0.2, 0) is 10.9 Å². The van der Waals surface area contributed by atoms with E-state index in [-0.39, 0.29) is 11.4 Å². The Morgan fingerprint density at radius 1 is 1.09 bits per heavy atom. The molecule has 0 aliphatic rings. The number of esters is 1. The second kappa shape index (κ2) is 8.62. The molecule has 2 aromatic heterocycles. The number of aromatic amines is 1. The molecule has 0 saturated carbocycles. The lowest BCUT2D eigenvalue weighted by atomic mass is 10.1. The highest BCUT2D eigenvalue weighted by Crippen LogP contribution is 2.30. The molecule has 10 heteroatoms. The first-order chi connectivity index (χ1) is 16.1. The molecule has 1 unspecified atom stereocenters. The number of hydrogen-bond donors (Lipinski definition) is 1. The van der Waals surface area contributed by atoms with Crippen molar-refractivity contribution in [3.05, 3.63) is 93.5 Å². The predicted octanol–water partition coefficient (Wildman–Crippen LogP) is 4.47. The molecule has 174 valence electrons. The van der Waals surface area contributed by atoms with Gasteiger partial charge in [0.05, 0.1) is 11.3 Å². The highest BCUT2D eigenvalue weighted by Gasteiger charge is 2.31. The van der Waals surface area contributed by atoms with Crippen LogP contribution in [0.3, 0.4) is 0 Å². The van der Waals surface area contributed by atoms with Gasteiger partial charge in [-0.2, -0.15) is 18.3 Å². The fourth-order valence-electron chi connectivity index (χ4n) is 3.53. The van der Waals surface area contributed by atoms with E-state index >= 15 is 0 Å². The van der Waals surface area contributed by atoms with Gasteiger partial charge in [-0.05, 0) is 38.1 Å². The first kappa shape index (κ1) is 23.0. The van der Waals surface area contributed by atoms with Crippen LogP contribution < -0.4 is 5.43 Å². The molecule has 0 aliphatic carbocycles. The first-order valence-corrected chi connectivity index (χ1v) is 10.2. The second-order valence-corrected chi connectivity index (χ2v) is 7.62. The summed E-state index contributed by atoms with van der Waals surface area (Å²) in [5, 5.41) is 4.58. The van der Waals surface area contributed by atoms with Gasteiger partial charge in [0.25, 0.3) is 0 Å². The molecule has 0 spiro atoms. The number of benzene rings is 2. The molecule has 0 radical (unpaired) electrons. The number of ether oxygens (including phenoxy) is 1. The predicted molar refractivity (Wildman–Crippen MR) is 117 cm³/mol. The van der Waals surface area contributed by atoms with Gasteiger partial charge in [0, 0.05) is 34.4 Å². The fourth-order valence-corrected chi connectivity index (χ4v) is 3.53. The van der Waals surface area contributed by atoms with E-state index < -0.39 is 40.7 Å². The van der Waals surface area contributed by atoms with E-state index in [0.29, 0.717) is 10.9 Å². The molecule has 1 atom stereocenters. The van der Waals surface area contributed by atoms with Crippen LogP contribution in [0.5, 0.6) is 0 Å². The third-order valence-electron chi connectivity index (χ3n) is 5.23. The number of Topliss-reactive ketones (excluding diaryl/α,β-unsaturated/α-hetero) is 1. The normalized spacial score (nSPS) is 12.5. The number of H-pyrrole nitrogens is 1. The summed E-state index contributed by atoms with van der Waals surface area (Å²) in [7, 11) is 0. The monoisotopic (exact) mass is 469 g/mol. The summed E-state index contributed by atoms with van der Waals surface area (Å²) in [6.45, 7) is 2.83. The molecule has 0 amide bonds. The van der Waals surface area contributed by atoms with Crippen molar-refractivity contribution in [2.75, 3.05) is 0 Å². The smallest absolute Gasteiger partial charge is 0.416 e. The van der Waals surface area contributed by atoms with Gasteiger partial charge in [0.2, 0.25) is 16.9 Å².